The number of fused-ring (bicyclic) bond motifs is 1. The molecule has 0 aliphatic carbocycles. The van der Waals surface area contributed by atoms with Crippen molar-refractivity contribution >= 4 is 28.3 Å². The van der Waals surface area contributed by atoms with Crippen molar-refractivity contribution < 1.29 is 9.59 Å². The molecule has 0 radical (unpaired) electrons. The maximum atomic E-state index is 13.0. The van der Waals surface area contributed by atoms with Crippen molar-refractivity contribution in [2.45, 2.75) is 12.5 Å². The van der Waals surface area contributed by atoms with Crippen LogP contribution in [0.2, 0.25) is 0 Å². The zero-order chi connectivity index (χ0) is 18.1. The molecule has 130 valence electrons. The molecule has 0 bridgehead atoms. The summed E-state index contributed by atoms with van der Waals surface area (Å²) in [7, 11) is 1.77. The first-order valence-electron chi connectivity index (χ1n) is 8.74. The lowest BCUT2D eigenvalue weighted by molar-refractivity contribution is -0.127. The Balaban J connectivity index is 1.65. The number of benzene rings is 3. The third-order valence-electron chi connectivity index (χ3n) is 5.11. The number of anilines is 1. The van der Waals surface area contributed by atoms with Crippen LogP contribution in [0.15, 0.2) is 72.8 Å². The number of likely N-dealkylation sites (tertiary alicyclic amines) is 1. The van der Waals surface area contributed by atoms with Crippen LogP contribution in [0, 0.1) is 5.92 Å². The lowest BCUT2D eigenvalue weighted by Gasteiger charge is -2.25. The van der Waals surface area contributed by atoms with Crippen molar-refractivity contribution in [2.24, 2.45) is 5.92 Å². The molecule has 0 saturated carbocycles. The Labute approximate surface area is 152 Å². The molecule has 4 nitrogen and oxygen atoms in total. The number of rotatable bonds is 3. The van der Waals surface area contributed by atoms with Crippen molar-refractivity contribution in [3.05, 3.63) is 78.4 Å². The summed E-state index contributed by atoms with van der Waals surface area (Å²) in [5.41, 5.74) is 1.76. The highest BCUT2D eigenvalue weighted by molar-refractivity contribution is 6.04. The number of hydrogen-bond acceptors (Lipinski definition) is 2. The second-order valence-corrected chi connectivity index (χ2v) is 6.69. The van der Waals surface area contributed by atoms with E-state index in [-0.39, 0.29) is 24.3 Å². The Morgan fingerprint density at radius 2 is 1.65 bits per heavy atom. The van der Waals surface area contributed by atoms with Gasteiger partial charge in [0.15, 0.2) is 0 Å². The summed E-state index contributed by atoms with van der Waals surface area (Å²) in [6, 6.07) is 23.3. The van der Waals surface area contributed by atoms with E-state index in [1.54, 1.807) is 11.9 Å². The summed E-state index contributed by atoms with van der Waals surface area (Å²) in [6.07, 6.45) is 0.229. The minimum Gasteiger partial charge on any atom is -0.338 e. The van der Waals surface area contributed by atoms with Crippen molar-refractivity contribution in [3.8, 4) is 0 Å². The number of amides is 2. The summed E-state index contributed by atoms with van der Waals surface area (Å²) in [6.45, 7) is 0. The van der Waals surface area contributed by atoms with E-state index >= 15 is 0 Å². The molecule has 0 unspecified atom stereocenters. The van der Waals surface area contributed by atoms with E-state index in [4.69, 9.17) is 0 Å². The van der Waals surface area contributed by atoms with Crippen LogP contribution >= 0.6 is 0 Å². The van der Waals surface area contributed by atoms with Crippen LogP contribution in [0.1, 0.15) is 18.0 Å². The van der Waals surface area contributed by atoms with Gasteiger partial charge in [0, 0.05) is 24.5 Å². The largest absolute Gasteiger partial charge is 0.338 e. The number of carbonyl (C=O) groups excluding carboxylic acids is 2. The summed E-state index contributed by atoms with van der Waals surface area (Å²) >= 11 is 0. The second-order valence-electron chi connectivity index (χ2n) is 6.69. The van der Waals surface area contributed by atoms with E-state index in [9.17, 15) is 9.59 Å². The van der Waals surface area contributed by atoms with E-state index in [0.29, 0.717) is 0 Å². The first-order chi connectivity index (χ1) is 12.6. The molecule has 26 heavy (non-hydrogen) atoms. The van der Waals surface area contributed by atoms with Crippen molar-refractivity contribution in [3.63, 3.8) is 0 Å². The average Bonchev–Trinajstić information content (AvgIpc) is 2.98. The standard InChI is InChI=1S/C22H20N2O2/c1-24-20(25)14-18(21(24)16-9-3-2-4-10-16)22(26)23-19-13-7-11-15-8-5-6-12-17(15)19/h2-13,18,21H,14H2,1H3,(H,23,26)/t18-,21+/m0/s1. The Hall–Kier alpha value is -3.14. The molecular weight excluding hydrogens is 324 g/mol. The third kappa shape index (κ3) is 2.84. The monoisotopic (exact) mass is 344 g/mol. The maximum Gasteiger partial charge on any atom is 0.230 e. The van der Waals surface area contributed by atoms with Crippen LogP contribution in [0.25, 0.3) is 10.8 Å². The van der Waals surface area contributed by atoms with Crippen molar-refractivity contribution in [1.82, 2.24) is 4.90 Å². The molecule has 3 aromatic rings. The second kappa shape index (κ2) is 6.64. The van der Waals surface area contributed by atoms with Crippen LogP contribution in [0.4, 0.5) is 5.69 Å². The Morgan fingerprint density at radius 3 is 2.46 bits per heavy atom. The lowest BCUT2D eigenvalue weighted by atomic mass is 9.92. The molecule has 2 amide bonds. The normalized spacial score (nSPS) is 19.7. The molecule has 1 N–H and O–H groups in total. The summed E-state index contributed by atoms with van der Waals surface area (Å²) in [5.74, 6) is -0.529. The van der Waals surface area contributed by atoms with Gasteiger partial charge in [0.1, 0.15) is 0 Å². The fourth-order valence-electron chi connectivity index (χ4n) is 3.77. The Morgan fingerprint density at radius 1 is 0.962 bits per heavy atom. The molecule has 0 aromatic heterocycles. The molecule has 1 aliphatic heterocycles. The minimum absolute atomic E-state index is 0.00285. The quantitative estimate of drug-likeness (QED) is 0.781. The summed E-state index contributed by atoms with van der Waals surface area (Å²) < 4.78 is 0. The van der Waals surface area contributed by atoms with Gasteiger partial charge >= 0.3 is 0 Å². The Kier molecular flexibility index (Phi) is 4.17. The van der Waals surface area contributed by atoms with Gasteiger partial charge in [0.2, 0.25) is 11.8 Å². The SMILES string of the molecule is CN1C(=O)C[C@H](C(=O)Nc2cccc3ccccc23)[C@H]1c1ccccc1. The summed E-state index contributed by atoms with van der Waals surface area (Å²) in [5, 5.41) is 5.12. The van der Waals surface area contributed by atoms with Gasteiger partial charge in [-0.05, 0) is 17.0 Å². The molecule has 1 saturated heterocycles. The van der Waals surface area contributed by atoms with E-state index in [0.717, 1.165) is 22.0 Å². The van der Waals surface area contributed by atoms with E-state index < -0.39 is 5.92 Å². The van der Waals surface area contributed by atoms with E-state index in [1.165, 1.54) is 0 Å². The predicted octanol–water partition coefficient (Wildman–Crippen LogP) is 4.00. The average molecular weight is 344 g/mol. The molecule has 2 atom stereocenters. The zero-order valence-electron chi connectivity index (χ0n) is 14.6. The van der Waals surface area contributed by atoms with Gasteiger partial charge < -0.3 is 10.2 Å². The number of nitrogens with one attached hydrogen (secondary N) is 1. The van der Waals surface area contributed by atoms with Crippen LogP contribution in [-0.4, -0.2) is 23.8 Å². The van der Waals surface area contributed by atoms with Crippen molar-refractivity contribution in [1.29, 1.82) is 0 Å². The highest BCUT2D eigenvalue weighted by atomic mass is 16.2. The summed E-state index contributed by atoms with van der Waals surface area (Å²) in [4.78, 5) is 27.0. The fourth-order valence-corrected chi connectivity index (χ4v) is 3.77. The molecule has 4 heteroatoms. The minimum atomic E-state index is -0.408. The van der Waals surface area contributed by atoms with Gasteiger partial charge in [-0.1, -0.05) is 66.7 Å². The third-order valence-corrected chi connectivity index (χ3v) is 5.11. The first kappa shape index (κ1) is 16.3. The molecule has 1 heterocycles. The van der Waals surface area contributed by atoms with Crippen LogP contribution < -0.4 is 5.32 Å². The fraction of sp³-hybridized carbons (Fsp3) is 0.182. The smallest absolute Gasteiger partial charge is 0.230 e. The molecule has 1 aliphatic rings. The van der Waals surface area contributed by atoms with Gasteiger partial charge in [-0.15, -0.1) is 0 Å². The number of nitrogens with zero attached hydrogens (tertiary/aromatic N) is 1. The molecular formula is C22H20N2O2. The molecule has 3 aromatic carbocycles. The molecule has 0 spiro atoms. The van der Waals surface area contributed by atoms with Crippen LogP contribution in [0.3, 0.4) is 0 Å². The van der Waals surface area contributed by atoms with Crippen LogP contribution in [-0.2, 0) is 9.59 Å². The molecule has 1 fully saturated rings. The number of carbonyl (C=O) groups is 2. The van der Waals surface area contributed by atoms with Crippen LogP contribution in [0.5, 0.6) is 0 Å². The van der Waals surface area contributed by atoms with Gasteiger partial charge in [-0.25, -0.2) is 0 Å². The van der Waals surface area contributed by atoms with E-state index in [1.807, 2.05) is 72.8 Å². The topological polar surface area (TPSA) is 49.4 Å². The van der Waals surface area contributed by atoms with Crippen molar-refractivity contribution in [2.75, 3.05) is 12.4 Å². The molecule has 4 rings (SSSR count). The number of hydrogen-bond donors (Lipinski definition) is 1. The lowest BCUT2D eigenvalue weighted by Crippen LogP contribution is -2.30. The van der Waals surface area contributed by atoms with E-state index in [2.05, 4.69) is 5.32 Å². The van der Waals surface area contributed by atoms with Gasteiger partial charge in [-0.2, -0.15) is 0 Å². The first-order valence-corrected chi connectivity index (χ1v) is 8.74. The predicted molar refractivity (Wildman–Crippen MR) is 103 cm³/mol. The van der Waals surface area contributed by atoms with Gasteiger partial charge in [-0.3, -0.25) is 9.59 Å². The Bertz CT molecular complexity index is 963. The highest BCUT2D eigenvalue weighted by Gasteiger charge is 2.42. The highest BCUT2D eigenvalue weighted by Crippen LogP contribution is 2.38. The maximum absolute atomic E-state index is 13.0. The zero-order valence-corrected chi connectivity index (χ0v) is 14.6. The van der Waals surface area contributed by atoms with Gasteiger partial charge in [0.25, 0.3) is 0 Å². The van der Waals surface area contributed by atoms with Gasteiger partial charge in [0.05, 0.1) is 12.0 Å².